The quantitative estimate of drug-likeness (QED) is 0.777. The molecule has 1 aromatic rings. The van der Waals surface area contributed by atoms with Gasteiger partial charge in [-0.25, -0.2) is 0 Å². The number of benzene rings is 1. The predicted molar refractivity (Wildman–Crippen MR) is 88.0 cm³/mol. The summed E-state index contributed by atoms with van der Waals surface area (Å²) in [5.41, 5.74) is -0.415. The van der Waals surface area contributed by atoms with Crippen LogP contribution in [0.3, 0.4) is 0 Å². The molecule has 0 bridgehead atoms. The Morgan fingerprint density at radius 1 is 1.33 bits per heavy atom. The summed E-state index contributed by atoms with van der Waals surface area (Å²) in [6.07, 6.45) is 0.724. The molecule has 4 nitrogen and oxygen atoms in total. The number of amides is 2. The van der Waals surface area contributed by atoms with Crippen molar-refractivity contribution < 1.29 is 9.59 Å². The number of carbonyl (C=O) groups excluding carboxylic acids is 2. The van der Waals surface area contributed by atoms with Gasteiger partial charge >= 0.3 is 0 Å². The molecule has 0 radical (unpaired) electrons. The van der Waals surface area contributed by atoms with Crippen LogP contribution < -0.4 is 10.2 Å². The zero-order valence-electron chi connectivity index (χ0n) is 11.7. The van der Waals surface area contributed by atoms with E-state index in [1.54, 1.807) is 19.1 Å². The zero-order chi connectivity index (χ0) is 15.8. The fourth-order valence-electron chi connectivity index (χ4n) is 2.23. The Morgan fingerprint density at radius 2 is 2.00 bits per heavy atom. The Hall–Kier alpha value is -0.780. The standard InChI is InChI=1S/C14H15BrCl2N2O2/c1-3-14(2)13(21)19(7-6-10(20)18-14)9-5-4-8(15)11(16)12(9)17/h4-5H,3,6-7H2,1-2H3,(H,18,20). The van der Waals surface area contributed by atoms with Crippen LogP contribution in [0.25, 0.3) is 0 Å². The lowest BCUT2D eigenvalue weighted by Crippen LogP contribution is -2.54. The van der Waals surface area contributed by atoms with Crippen molar-refractivity contribution in [3.8, 4) is 0 Å². The maximum atomic E-state index is 12.8. The third-order valence-electron chi connectivity index (χ3n) is 3.71. The molecule has 1 N–H and O–H groups in total. The van der Waals surface area contributed by atoms with E-state index in [1.807, 2.05) is 6.92 Å². The summed E-state index contributed by atoms with van der Waals surface area (Å²) in [5.74, 6) is -0.328. The van der Waals surface area contributed by atoms with Crippen molar-refractivity contribution in [2.75, 3.05) is 11.4 Å². The van der Waals surface area contributed by atoms with E-state index in [0.717, 1.165) is 0 Å². The van der Waals surface area contributed by atoms with Crippen molar-refractivity contribution in [3.63, 3.8) is 0 Å². The number of carbonyl (C=O) groups is 2. The summed E-state index contributed by atoms with van der Waals surface area (Å²) in [7, 11) is 0. The minimum Gasteiger partial charge on any atom is -0.342 e. The number of nitrogens with zero attached hydrogens (tertiary/aromatic N) is 1. The first kappa shape index (κ1) is 16.6. The van der Waals surface area contributed by atoms with Crippen LogP contribution in [0.4, 0.5) is 5.69 Å². The molecule has 1 atom stereocenters. The number of halogens is 3. The van der Waals surface area contributed by atoms with E-state index in [9.17, 15) is 9.59 Å². The molecule has 1 unspecified atom stereocenters. The molecule has 114 valence electrons. The van der Waals surface area contributed by atoms with Crippen LogP contribution in [0.1, 0.15) is 26.7 Å². The number of rotatable bonds is 2. The number of nitrogens with one attached hydrogen (secondary N) is 1. The van der Waals surface area contributed by atoms with Crippen LogP contribution in [-0.2, 0) is 9.59 Å². The molecule has 2 rings (SSSR count). The van der Waals surface area contributed by atoms with Gasteiger partial charge in [0.15, 0.2) is 0 Å². The van der Waals surface area contributed by atoms with Gasteiger partial charge in [0.25, 0.3) is 5.91 Å². The summed E-state index contributed by atoms with van der Waals surface area (Å²) in [6.45, 7) is 3.86. The molecule has 2 amide bonds. The van der Waals surface area contributed by atoms with E-state index < -0.39 is 5.54 Å². The second-order valence-electron chi connectivity index (χ2n) is 5.14. The lowest BCUT2D eigenvalue weighted by atomic mass is 9.97. The second-order valence-corrected chi connectivity index (χ2v) is 6.75. The highest BCUT2D eigenvalue weighted by molar-refractivity contribution is 9.10. The van der Waals surface area contributed by atoms with E-state index in [0.29, 0.717) is 26.6 Å². The summed E-state index contributed by atoms with van der Waals surface area (Å²) < 4.78 is 0.660. The first-order valence-corrected chi connectivity index (χ1v) is 8.11. The van der Waals surface area contributed by atoms with Crippen LogP contribution in [0, 0.1) is 0 Å². The average Bonchev–Trinajstić information content (AvgIpc) is 2.56. The molecule has 7 heteroatoms. The highest BCUT2D eigenvalue weighted by Gasteiger charge is 2.40. The van der Waals surface area contributed by atoms with Gasteiger partial charge in [-0.15, -0.1) is 0 Å². The van der Waals surface area contributed by atoms with Gasteiger partial charge < -0.3 is 10.2 Å². The number of hydrogen-bond acceptors (Lipinski definition) is 2. The summed E-state index contributed by atoms with van der Waals surface area (Å²) in [6, 6.07) is 3.46. The molecular formula is C14H15BrCl2N2O2. The summed E-state index contributed by atoms with van der Waals surface area (Å²) >= 11 is 15.7. The van der Waals surface area contributed by atoms with Gasteiger partial charge in [0.05, 0.1) is 15.7 Å². The summed E-state index contributed by atoms with van der Waals surface area (Å²) in [5, 5.41) is 3.43. The van der Waals surface area contributed by atoms with Gasteiger partial charge in [0.1, 0.15) is 5.54 Å². The molecule has 0 saturated carbocycles. The van der Waals surface area contributed by atoms with Crippen LogP contribution in [-0.4, -0.2) is 23.9 Å². The Morgan fingerprint density at radius 3 is 2.62 bits per heavy atom. The smallest absolute Gasteiger partial charge is 0.252 e. The average molecular weight is 394 g/mol. The van der Waals surface area contributed by atoms with E-state index in [1.165, 1.54) is 4.90 Å². The van der Waals surface area contributed by atoms with Crippen molar-refractivity contribution in [1.29, 1.82) is 0 Å². The molecule has 21 heavy (non-hydrogen) atoms. The lowest BCUT2D eigenvalue weighted by Gasteiger charge is -2.31. The van der Waals surface area contributed by atoms with Crippen LogP contribution >= 0.6 is 39.1 Å². The van der Waals surface area contributed by atoms with Crippen molar-refractivity contribution in [2.45, 2.75) is 32.2 Å². The van der Waals surface area contributed by atoms with E-state index in [4.69, 9.17) is 23.2 Å². The normalized spacial score (nSPS) is 23.0. The minimum atomic E-state index is -0.934. The molecule has 1 aromatic carbocycles. The molecule has 0 aliphatic carbocycles. The highest BCUT2D eigenvalue weighted by Crippen LogP contribution is 2.39. The van der Waals surface area contributed by atoms with Crippen LogP contribution in [0.5, 0.6) is 0 Å². The molecule has 0 spiro atoms. The molecule has 1 saturated heterocycles. The molecule has 1 fully saturated rings. The Kier molecular flexibility index (Phi) is 4.85. The fourth-order valence-corrected chi connectivity index (χ4v) is 3.10. The van der Waals surface area contributed by atoms with E-state index >= 15 is 0 Å². The zero-order valence-corrected chi connectivity index (χ0v) is 14.8. The third-order valence-corrected chi connectivity index (χ3v) is 5.47. The van der Waals surface area contributed by atoms with Gasteiger partial charge in [-0.1, -0.05) is 30.1 Å². The second kappa shape index (κ2) is 6.15. The topological polar surface area (TPSA) is 49.4 Å². The first-order chi connectivity index (χ1) is 9.80. The molecule has 0 aromatic heterocycles. The van der Waals surface area contributed by atoms with Crippen LogP contribution in [0.15, 0.2) is 16.6 Å². The Labute approximate surface area is 141 Å². The van der Waals surface area contributed by atoms with Crippen molar-refractivity contribution >= 4 is 56.6 Å². The maximum absolute atomic E-state index is 12.8. The van der Waals surface area contributed by atoms with Gasteiger partial charge in [0, 0.05) is 17.4 Å². The summed E-state index contributed by atoms with van der Waals surface area (Å²) in [4.78, 5) is 26.1. The Balaban J connectivity index is 2.50. The van der Waals surface area contributed by atoms with Crippen molar-refractivity contribution in [2.24, 2.45) is 0 Å². The molecule has 1 aliphatic rings. The molecule has 1 aliphatic heterocycles. The predicted octanol–water partition coefficient (Wildman–Crippen LogP) is 3.78. The number of anilines is 1. The lowest BCUT2D eigenvalue weighted by molar-refractivity contribution is -0.129. The van der Waals surface area contributed by atoms with Gasteiger partial charge in [-0.3, -0.25) is 9.59 Å². The van der Waals surface area contributed by atoms with Crippen molar-refractivity contribution in [3.05, 3.63) is 26.7 Å². The largest absolute Gasteiger partial charge is 0.342 e. The maximum Gasteiger partial charge on any atom is 0.252 e. The molecule has 1 heterocycles. The van der Waals surface area contributed by atoms with Crippen molar-refractivity contribution in [1.82, 2.24) is 5.32 Å². The van der Waals surface area contributed by atoms with Crippen LogP contribution in [0.2, 0.25) is 10.0 Å². The fraction of sp³-hybridized carbons (Fsp3) is 0.429. The Bertz CT molecular complexity index is 609. The SMILES string of the molecule is CCC1(C)NC(=O)CCN(c2ccc(Br)c(Cl)c2Cl)C1=O. The first-order valence-electron chi connectivity index (χ1n) is 6.56. The minimum absolute atomic E-state index is 0.144. The molecular weight excluding hydrogens is 379 g/mol. The third kappa shape index (κ3) is 3.05. The van der Waals surface area contributed by atoms with Gasteiger partial charge in [-0.05, 0) is 41.4 Å². The monoisotopic (exact) mass is 392 g/mol. The van der Waals surface area contributed by atoms with Gasteiger partial charge in [0.2, 0.25) is 5.91 Å². The van der Waals surface area contributed by atoms with Gasteiger partial charge in [-0.2, -0.15) is 0 Å². The van der Waals surface area contributed by atoms with E-state index in [-0.39, 0.29) is 24.8 Å². The van der Waals surface area contributed by atoms with E-state index in [2.05, 4.69) is 21.2 Å². The highest BCUT2D eigenvalue weighted by atomic mass is 79.9. The number of hydrogen-bond donors (Lipinski definition) is 1.